The summed E-state index contributed by atoms with van der Waals surface area (Å²) in [5.41, 5.74) is 2.67. The highest BCUT2D eigenvalue weighted by molar-refractivity contribution is 14.0. The number of nitrogens with one attached hydrogen (secondary N) is 1. The normalized spacial score (nSPS) is 20.4. The third kappa shape index (κ3) is 4.62. The molecule has 1 aromatic rings. The van der Waals surface area contributed by atoms with E-state index in [1.54, 1.807) is 0 Å². The minimum Gasteiger partial charge on any atom is -0.355 e. The van der Waals surface area contributed by atoms with Crippen LogP contribution in [0.3, 0.4) is 0 Å². The second-order valence-corrected chi connectivity index (χ2v) is 7.80. The van der Waals surface area contributed by atoms with E-state index in [0.29, 0.717) is 11.8 Å². The SMILES string of the molecule is CN=C(NCCN1CCN(C(=O)C2CCC2)CC1)N1CCc2ccccc21.I. The van der Waals surface area contributed by atoms with Crippen LogP contribution in [0.4, 0.5) is 5.69 Å². The van der Waals surface area contributed by atoms with E-state index >= 15 is 0 Å². The van der Waals surface area contributed by atoms with Gasteiger partial charge < -0.3 is 15.1 Å². The molecule has 0 aromatic heterocycles. The summed E-state index contributed by atoms with van der Waals surface area (Å²) in [4.78, 5) is 23.6. The summed E-state index contributed by atoms with van der Waals surface area (Å²) >= 11 is 0. The number of hydrogen-bond donors (Lipinski definition) is 1. The third-order valence-electron chi connectivity index (χ3n) is 6.20. The zero-order valence-electron chi connectivity index (χ0n) is 16.8. The van der Waals surface area contributed by atoms with Crippen LogP contribution in [-0.2, 0) is 11.2 Å². The first-order valence-electron chi connectivity index (χ1n) is 10.3. The third-order valence-corrected chi connectivity index (χ3v) is 6.20. The van der Waals surface area contributed by atoms with Gasteiger partial charge in [-0.2, -0.15) is 0 Å². The molecule has 1 amide bonds. The number of nitrogens with zero attached hydrogens (tertiary/aromatic N) is 4. The van der Waals surface area contributed by atoms with Crippen LogP contribution < -0.4 is 10.2 Å². The Kier molecular flexibility index (Phi) is 7.56. The highest BCUT2D eigenvalue weighted by Crippen LogP contribution is 2.29. The van der Waals surface area contributed by atoms with E-state index < -0.39 is 0 Å². The molecule has 0 bridgehead atoms. The van der Waals surface area contributed by atoms with Crippen molar-refractivity contribution < 1.29 is 4.79 Å². The predicted octanol–water partition coefficient (Wildman–Crippen LogP) is 2.19. The highest BCUT2D eigenvalue weighted by Gasteiger charge is 2.31. The summed E-state index contributed by atoms with van der Waals surface area (Å²) in [5, 5.41) is 3.52. The molecule has 3 aliphatic rings. The van der Waals surface area contributed by atoms with Crippen molar-refractivity contribution in [2.75, 3.05) is 57.8 Å². The molecule has 0 radical (unpaired) electrons. The van der Waals surface area contributed by atoms with E-state index in [-0.39, 0.29) is 24.0 Å². The Morgan fingerprint density at radius 2 is 1.89 bits per heavy atom. The molecule has 1 aliphatic carbocycles. The number of carbonyl (C=O) groups excluding carboxylic acids is 1. The van der Waals surface area contributed by atoms with Gasteiger partial charge in [0.05, 0.1) is 0 Å². The maximum Gasteiger partial charge on any atom is 0.225 e. The molecule has 2 aliphatic heterocycles. The molecule has 1 aromatic carbocycles. The smallest absolute Gasteiger partial charge is 0.225 e. The Morgan fingerprint density at radius 3 is 2.57 bits per heavy atom. The fourth-order valence-corrected chi connectivity index (χ4v) is 4.28. The largest absolute Gasteiger partial charge is 0.355 e. The predicted molar refractivity (Wildman–Crippen MR) is 125 cm³/mol. The molecule has 28 heavy (non-hydrogen) atoms. The number of para-hydroxylation sites is 1. The van der Waals surface area contributed by atoms with Gasteiger partial charge in [0.25, 0.3) is 0 Å². The summed E-state index contributed by atoms with van der Waals surface area (Å²) in [6.07, 6.45) is 4.50. The van der Waals surface area contributed by atoms with Crippen molar-refractivity contribution >= 4 is 41.5 Å². The average molecular weight is 497 g/mol. The van der Waals surface area contributed by atoms with Crippen molar-refractivity contribution in [1.82, 2.24) is 15.1 Å². The summed E-state index contributed by atoms with van der Waals surface area (Å²) in [5.74, 6) is 1.68. The summed E-state index contributed by atoms with van der Waals surface area (Å²) in [6, 6.07) is 8.57. The van der Waals surface area contributed by atoms with Crippen molar-refractivity contribution in [2.24, 2.45) is 10.9 Å². The summed E-state index contributed by atoms with van der Waals surface area (Å²) in [6.45, 7) is 6.56. The monoisotopic (exact) mass is 497 g/mol. The van der Waals surface area contributed by atoms with Crippen LogP contribution >= 0.6 is 24.0 Å². The van der Waals surface area contributed by atoms with Crippen LogP contribution in [0.1, 0.15) is 24.8 Å². The van der Waals surface area contributed by atoms with E-state index in [2.05, 4.69) is 49.3 Å². The van der Waals surface area contributed by atoms with Gasteiger partial charge in [0, 0.05) is 64.5 Å². The average Bonchev–Trinajstić information content (AvgIpc) is 3.08. The fourth-order valence-electron chi connectivity index (χ4n) is 4.28. The van der Waals surface area contributed by atoms with Crippen molar-refractivity contribution in [3.05, 3.63) is 29.8 Å². The number of anilines is 1. The van der Waals surface area contributed by atoms with E-state index in [4.69, 9.17) is 0 Å². The van der Waals surface area contributed by atoms with E-state index in [0.717, 1.165) is 71.0 Å². The Balaban J connectivity index is 0.00000225. The topological polar surface area (TPSA) is 51.2 Å². The molecule has 4 rings (SSSR count). The number of amides is 1. The fraction of sp³-hybridized carbons (Fsp3) is 0.619. The van der Waals surface area contributed by atoms with Crippen LogP contribution in [0, 0.1) is 5.92 Å². The molecule has 2 heterocycles. The van der Waals surface area contributed by atoms with E-state index in [1.807, 2.05) is 7.05 Å². The molecule has 2 fully saturated rings. The molecular formula is C21H32IN5O. The quantitative estimate of drug-likeness (QED) is 0.394. The molecular weight excluding hydrogens is 465 g/mol. The number of benzene rings is 1. The van der Waals surface area contributed by atoms with Gasteiger partial charge in [0.1, 0.15) is 0 Å². The Bertz CT molecular complexity index is 698. The lowest BCUT2D eigenvalue weighted by molar-refractivity contribution is -0.139. The standard InChI is InChI=1S/C21H31N5O.HI/c1-22-21(26-11-9-17-5-2-3-8-19(17)26)23-10-12-24-13-15-25(16-14-24)20(27)18-6-4-7-18;/h2-3,5,8,18H,4,6-7,9-16H2,1H3,(H,22,23);1H. The molecule has 7 heteroatoms. The Morgan fingerprint density at radius 1 is 1.14 bits per heavy atom. The number of hydrogen-bond acceptors (Lipinski definition) is 3. The molecule has 0 unspecified atom stereocenters. The first kappa shape index (κ1) is 21.4. The lowest BCUT2D eigenvalue weighted by Crippen LogP contribution is -2.52. The van der Waals surface area contributed by atoms with Crippen LogP contribution in [0.25, 0.3) is 0 Å². The molecule has 6 nitrogen and oxygen atoms in total. The van der Waals surface area contributed by atoms with Gasteiger partial charge in [-0.1, -0.05) is 24.6 Å². The van der Waals surface area contributed by atoms with E-state index in [1.165, 1.54) is 17.7 Å². The van der Waals surface area contributed by atoms with E-state index in [9.17, 15) is 4.79 Å². The molecule has 0 atom stereocenters. The number of fused-ring (bicyclic) bond motifs is 1. The molecule has 1 saturated heterocycles. The second kappa shape index (κ2) is 9.91. The van der Waals surface area contributed by atoms with Crippen molar-refractivity contribution in [3.63, 3.8) is 0 Å². The first-order chi connectivity index (χ1) is 13.3. The Hall–Kier alpha value is -1.35. The zero-order chi connectivity index (χ0) is 18.6. The molecule has 0 spiro atoms. The van der Waals surface area contributed by atoms with Crippen LogP contribution in [0.15, 0.2) is 29.3 Å². The van der Waals surface area contributed by atoms with Gasteiger partial charge in [-0.3, -0.25) is 14.7 Å². The number of carbonyl (C=O) groups is 1. The molecule has 1 N–H and O–H groups in total. The van der Waals surface area contributed by atoms with Crippen LogP contribution in [-0.4, -0.2) is 74.5 Å². The van der Waals surface area contributed by atoms with Gasteiger partial charge >= 0.3 is 0 Å². The summed E-state index contributed by atoms with van der Waals surface area (Å²) in [7, 11) is 1.86. The minimum absolute atomic E-state index is 0. The highest BCUT2D eigenvalue weighted by atomic mass is 127. The van der Waals surface area contributed by atoms with Crippen LogP contribution in [0.5, 0.6) is 0 Å². The first-order valence-corrected chi connectivity index (χ1v) is 10.3. The minimum atomic E-state index is 0. The molecule has 154 valence electrons. The maximum atomic E-state index is 12.4. The number of rotatable bonds is 4. The van der Waals surface area contributed by atoms with Gasteiger partial charge in [-0.25, -0.2) is 0 Å². The van der Waals surface area contributed by atoms with Gasteiger partial charge in [-0.05, 0) is 30.9 Å². The number of piperazine rings is 1. The number of aliphatic imine (C=N–C) groups is 1. The van der Waals surface area contributed by atoms with Crippen LogP contribution in [0.2, 0.25) is 0 Å². The maximum absolute atomic E-state index is 12.4. The lowest BCUT2D eigenvalue weighted by atomic mass is 9.84. The van der Waals surface area contributed by atoms with Gasteiger partial charge in [-0.15, -0.1) is 24.0 Å². The van der Waals surface area contributed by atoms with Crippen molar-refractivity contribution in [3.8, 4) is 0 Å². The summed E-state index contributed by atoms with van der Waals surface area (Å²) < 4.78 is 0. The van der Waals surface area contributed by atoms with Gasteiger partial charge in [0.2, 0.25) is 5.91 Å². The van der Waals surface area contributed by atoms with Crippen molar-refractivity contribution in [1.29, 1.82) is 0 Å². The second-order valence-electron chi connectivity index (χ2n) is 7.80. The Labute approximate surface area is 185 Å². The number of guanidine groups is 1. The molecule has 1 saturated carbocycles. The lowest BCUT2D eigenvalue weighted by Gasteiger charge is -2.38. The zero-order valence-corrected chi connectivity index (χ0v) is 19.1. The van der Waals surface area contributed by atoms with Crippen molar-refractivity contribution in [2.45, 2.75) is 25.7 Å². The van der Waals surface area contributed by atoms with Gasteiger partial charge in [0.15, 0.2) is 5.96 Å². The number of halogens is 1.